The molecule has 18 heavy (non-hydrogen) atoms. The van der Waals surface area contributed by atoms with Gasteiger partial charge in [0, 0.05) is 11.1 Å². The Hall–Kier alpha value is -1.02. The van der Waals surface area contributed by atoms with E-state index in [2.05, 4.69) is 25.1 Å². The fraction of sp³-hybridized carbons (Fsp3) is 0.625. The van der Waals surface area contributed by atoms with Crippen molar-refractivity contribution in [3.05, 3.63) is 29.3 Å². The Bertz CT molecular complexity index is 443. The SMILES string of the molecule is CC1CCCCC1(N)c1cccc2c1OCCC2. The number of benzene rings is 1. The zero-order valence-corrected chi connectivity index (χ0v) is 11.2. The van der Waals surface area contributed by atoms with Gasteiger partial charge in [-0.1, -0.05) is 38.0 Å². The molecule has 1 aromatic rings. The summed E-state index contributed by atoms with van der Waals surface area (Å²) in [6.07, 6.45) is 7.14. The van der Waals surface area contributed by atoms with Gasteiger partial charge in [0.05, 0.1) is 6.61 Å². The van der Waals surface area contributed by atoms with Gasteiger partial charge in [0.15, 0.2) is 0 Å². The predicted octanol–water partition coefficient (Wildman–Crippen LogP) is 3.38. The van der Waals surface area contributed by atoms with E-state index in [1.54, 1.807) is 0 Å². The Morgan fingerprint density at radius 2 is 2.17 bits per heavy atom. The van der Waals surface area contributed by atoms with Crippen LogP contribution in [0.2, 0.25) is 0 Å². The first-order valence-electron chi connectivity index (χ1n) is 7.26. The van der Waals surface area contributed by atoms with Crippen LogP contribution in [0, 0.1) is 5.92 Å². The highest BCUT2D eigenvalue weighted by Crippen LogP contribution is 2.44. The van der Waals surface area contributed by atoms with Gasteiger partial charge in [0.1, 0.15) is 5.75 Å². The van der Waals surface area contributed by atoms with Crippen LogP contribution in [0.4, 0.5) is 0 Å². The maximum absolute atomic E-state index is 6.77. The summed E-state index contributed by atoms with van der Waals surface area (Å²) < 4.78 is 5.94. The number of fused-ring (bicyclic) bond motifs is 1. The minimum Gasteiger partial charge on any atom is -0.493 e. The van der Waals surface area contributed by atoms with E-state index in [1.165, 1.54) is 30.4 Å². The Morgan fingerprint density at radius 3 is 3.00 bits per heavy atom. The number of hydrogen-bond acceptors (Lipinski definition) is 2. The lowest BCUT2D eigenvalue weighted by atomic mass is 9.69. The van der Waals surface area contributed by atoms with Crippen LogP contribution in [-0.4, -0.2) is 6.61 Å². The van der Waals surface area contributed by atoms with Crippen LogP contribution >= 0.6 is 0 Å². The molecule has 0 amide bonds. The van der Waals surface area contributed by atoms with Gasteiger partial charge in [0.25, 0.3) is 0 Å². The van der Waals surface area contributed by atoms with Gasteiger partial charge in [-0.25, -0.2) is 0 Å². The third-order valence-corrected chi connectivity index (χ3v) is 4.79. The van der Waals surface area contributed by atoms with Gasteiger partial charge < -0.3 is 10.5 Å². The third-order valence-electron chi connectivity index (χ3n) is 4.79. The third kappa shape index (κ3) is 1.83. The molecular formula is C16H23NO. The molecule has 1 heterocycles. The molecule has 2 N–H and O–H groups in total. The summed E-state index contributed by atoms with van der Waals surface area (Å²) >= 11 is 0. The number of hydrogen-bond donors (Lipinski definition) is 1. The molecule has 0 radical (unpaired) electrons. The highest BCUT2D eigenvalue weighted by molar-refractivity contribution is 5.47. The van der Waals surface area contributed by atoms with Crippen LogP contribution in [0.3, 0.4) is 0 Å². The fourth-order valence-corrected chi connectivity index (χ4v) is 3.53. The number of rotatable bonds is 1. The van der Waals surface area contributed by atoms with E-state index in [4.69, 9.17) is 10.5 Å². The molecule has 1 aliphatic carbocycles. The van der Waals surface area contributed by atoms with E-state index >= 15 is 0 Å². The van der Waals surface area contributed by atoms with Crippen LogP contribution in [0.1, 0.15) is 50.2 Å². The van der Waals surface area contributed by atoms with E-state index in [1.807, 2.05) is 0 Å². The Labute approximate surface area is 110 Å². The Morgan fingerprint density at radius 1 is 1.28 bits per heavy atom. The molecule has 1 aromatic carbocycles. The normalized spacial score (nSPS) is 31.6. The van der Waals surface area contributed by atoms with E-state index in [0.29, 0.717) is 5.92 Å². The van der Waals surface area contributed by atoms with Crippen molar-refractivity contribution >= 4 is 0 Å². The lowest BCUT2D eigenvalue weighted by Crippen LogP contribution is -2.45. The summed E-state index contributed by atoms with van der Waals surface area (Å²) in [5.74, 6) is 1.64. The molecule has 2 unspecified atom stereocenters. The van der Waals surface area contributed by atoms with Gasteiger partial charge in [-0.2, -0.15) is 0 Å². The van der Waals surface area contributed by atoms with Gasteiger partial charge in [0.2, 0.25) is 0 Å². The summed E-state index contributed by atoms with van der Waals surface area (Å²) in [6.45, 7) is 3.13. The van der Waals surface area contributed by atoms with Crippen molar-refractivity contribution in [2.75, 3.05) is 6.61 Å². The largest absolute Gasteiger partial charge is 0.493 e. The topological polar surface area (TPSA) is 35.2 Å². The van der Waals surface area contributed by atoms with Crippen molar-refractivity contribution in [1.29, 1.82) is 0 Å². The first kappa shape index (κ1) is 12.0. The van der Waals surface area contributed by atoms with E-state index in [0.717, 1.165) is 31.6 Å². The summed E-state index contributed by atoms with van der Waals surface area (Å²) in [7, 11) is 0. The maximum atomic E-state index is 6.77. The van der Waals surface area contributed by atoms with Gasteiger partial charge in [-0.15, -0.1) is 0 Å². The first-order valence-corrected chi connectivity index (χ1v) is 7.26. The van der Waals surface area contributed by atoms with Gasteiger partial charge in [-0.05, 0) is 37.2 Å². The minimum atomic E-state index is -0.180. The fourth-order valence-electron chi connectivity index (χ4n) is 3.53. The minimum absolute atomic E-state index is 0.180. The lowest BCUT2D eigenvalue weighted by molar-refractivity contribution is 0.194. The average molecular weight is 245 g/mol. The summed E-state index contributed by atoms with van der Waals surface area (Å²) in [5.41, 5.74) is 9.19. The highest BCUT2D eigenvalue weighted by atomic mass is 16.5. The van der Waals surface area contributed by atoms with Crippen LogP contribution in [0.5, 0.6) is 5.75 Å². The quantitative estimate of drug-likeness (QED) is 0.823. The smallest absolute Gasteiger partial charge is 0.127 e. The number of nitrogens with two attached hydrogens (primary N) is 1. The maximum Gasteiger partial charge on any atom is 0.127 e. The van der Waals surface area contributed by atoms with Crippen LogP contribution in [0.25, 0.3) is 0 Å². The second-order valence-corrected chi connectivity index (χ2v) is 5.93. The molecule has 0 saturated heterocycles. The van der Waals surface area contributed by atoms with E-state index < -0.39 is 0 Å². The molecule has 2 nitrogen and oxygen atoms in total. The average Bonchev–Trinajstić information content (AvgIpc) is 2.41. The molecule has 98 valence electrons. The molecular weight excluding hydrogens is 222 g/mol. The highest BCUT2D eigenvalue weighted by Gasteiger charge is 2.38. The molecule has 0 bridgehead atoms. The summed E-state index contributed by atoms with van der Waals surface area (Å²) in [4.78, 5) is 0. The monoisotopic (exact) mass is 245 g/mol. The molecule has 2 aliphatic rings. The Balaban J connectivity index is 2.05. The van der Waals surface area contributed by atoms with Crippen LogP contribution in [-0.2, 0) is 12.0 Å². The summed E-state index contributed by atoms with van der Waals surface area (Å²) in [6, 6.07) is 6.53. The molecule has 2 heteroatoms. The molecule has 0 aromatic heterocycles. The van der Waals surface area contributed by atoms with Gasteiger partial charge >= 0.3 is 0 Å². The number of para-hydroxylation sites is 1. The zero-order chi connectivity index (χ0) is 12.6. The summed E-state index contributed by atoms with van der Waals surface area (Å²) in [5, 5.41) is 0. The van der Waals surface area contributed by atoms with Crippen molar-refractivity contribution in [3.63, 3.8) is 0 Å². The van der Waals surface area contributed by atoms with Crippen molar-refractivity contribution in [2.24, 2.45) is 11.7 Å². The number of aryl methyl sites for hydroxylation is 1. The van der Waals surface area contributed by atoms with E-state index in [9.17, 15) is 0 Å². The molecule has 1 fully saturated rings. The molecule has 0 spiro atoms. The Kier molecular flexibility index (Phi) is 3.06. The molecule has 3 rings (SSSR count). The first-order chi connectivity index (χ1) is 8.72. The van der Waals surface area contributed by atoms with Crippen molar-refractivity contribution in [2.45, 2.75) is 51.0 Å². The van der Waals surface area contributed by atoms with Gasteiger partial charge in [-0.3, -0.25) is 0 Å². The zero-order valence-electron chi connectivity index (χ0n) is 11.2. The molecule has 1 saturated carbocycles. The van der Waals surface area contributed by atoms with Crippen LogP contribution < -0.4 is 10.5 Å². The molecule has 2 atom stereocenters. The second kappa shape index (κ2) is 4.58. The van der Waals surface area contributed by atoms with Crippen LogP contribution in [0.15, 0.2) is 18.2 Å². The number of ether oxygens (including phenoxy) is 1. The van der Waals surface area contributed by atoms with E-state index in [-0.39, 0.29) is 5.54 Å². The predicted molar refractivity (Wildman–Crippen MR) is 73.8 cm³/mol. The lowest BCUT2D eigenvalue weighted by Gasteiger charge is -2.41. The van der Waals surface area contributed by atoms with Crippen molar-refractivity contribution in [1.82, 2.24) is 0 Å². The molecule has 1 aliphatic heterocycles. The standard InChI is InChI=1S/C16H23NO/c1-12-6-2-3-10-16(12,17)14-9-4-7-13-8-5-11-18-15(13)14/h4,7,9,12H,2-3,5-6,8,10-11,17H2,1H3. The van der Waals surface area contributed by atoms with Crippen molar-refractivity contribution < 1.29 is 4.74 Å². The second-order valence-electron chi connectivity index (χ2n) is 5.93. The van der Waals surface area contributed by atoms with Crippen molar-refractivity contribution in [3.8, 4) is 5.75 Å².